The molecule has 1 unspecified atom stereocenters. The lowest BCUT2D eigenvalue weighted by Gasteiger charge is -2.32. The van der Waals surface area contributed by atoms with Crippen LogP contribution in [0.3, 0.4) is 0 Å². The molecule has 0 amide bonds. The number of rotatable bonds is 2. The lowest BCUT2D eigenvalue weighted by atomic mass is 9.97. The molecule has 0 aromatic rings. The summed E-state index contributed by atoms with van der Waals surface area (Å²) in [5.41, 5.74) is -0.293. The Morgan fingerprint density at radius 2 is 2.06 bits per heavy atom. The molecule has 3 aliphatic heterocycles. The van der Waals surface area contributed by atoms with Crippen LogP contribution in [-0.4, -0.2) is 47.7 Å². The summed E-state index contributed by atoms with van der Waals surface area (Å²) < 4.78 is 5.61. The van der Waals surface area contributed by atoms with Crippen molar-refractivity contribution >= 4 is 0 Å². The molecule has 0 radical (unpaired) electrons. The third-order valence-corrected chi connectivity index (χ3v) is 3.34. The molecule has 0 aliphatic carbocycles. The Morgan fingerprint density at radius 3 is 2.62 bits per heavy atom. The lowest BCUT2D eigenvalue weighted by molar-refractivity contribution is -0.239. The highest BCUT2D eigenvalue weighted by atomic mass is 16.6. The Morgan fingerprint density at radius 1 is 1.31 bits per heavy atom. The number of piperidine rings is 1. The van der Waals surface area contributed by atoms with Gasteiger partial charge in [0.1, 0.15) is 0 Å². The van der Waals surface area contributed by atoms with Gasteiger partial charge in [0.25, 0.3) is 0 Å². The number of hydrogen-bond acceptors (Lipinski definition) is 4. The molecule has 3 rings (SSSR count). The first-order valence-electron chi connectivity index (χ1n) is 6.27. The van der Waals surface area contributed by atoms with Crippen LogP contribution in [-0.2, 0) is 4.74 Å². The van der Waals surface area contributed by atoms with Gasteiger partial charge in [-0.25, -0.2) is 0 Å². The molecule has 3 atom stereocenters. The van der Waals surface area contributed by atoms with Gasteiger partial charge in [-0.2, -0.15) is 0 Å². The van der Waals surface area contributed by atoms with Gasteiger partial charge in [0, 0.05) is 19.1 Å². The van der Waals surface area contributed by atoms with Crippen molar-refractivity contribution in [2.45, 2.75) is 51.7 Å². The van der Waals surface area contributed by atoms with Gasteiger partial charge in [-0.3, -0.25) is 4.90 Å². The van der Waals surface area contributed by atoms with E-state index in [0.29, 0.717) is 12.0 Å². The molecule has 3 heterocycles. The fourth-order valence-corrected chi connectivity index (χ4v) is 2.55. The Labute approximate surface area is 98.0 Å². The first-order valence-corrected chi connectivity index (χ1v) is 6.27. The van der Waals surface area contributed by atoms with E-state index < -0.39 is 6.41 Å². The van der Waals surface area contributed by atoms with Crippen LogP contribution in [0.2, 0.25) is 0 Å². The van der Waals surface area contributed by atoms with Crippen molar-refractivity contribution in [2.75, 3.05) is 19.6 Å². The third kappa shape index (κ3) is 3.17. The van der Waals surface area contributed by atoms with Crippen LogP contribution >= 0.6 is 0 Å². The molecule has 4 heteroatoms. The van der Waals surface area contributed by atoms with Gasteiger partial charge in [0.05, 0.1) is 5.60 Å². The predicted octanol–water partition coefficient (Wildman–Crippen LogP) is 0.761. The van der Waals surface area contributed by atoms with Crippen LogP contribution in [0.4, 0.5) is 0 Å². The van der Waals surface area contributed by atoms with E-state index in [1.165, 1.54) is 12.8 Å². The summed E-state index contributed by atoms with van der Waals surface area (Å²) in [7, 11) is 0. The molecule has 0 aromatic carbocycles. The highest BCUT2D eigenvalue weighted by Crippen LogP contribution is 2.23. The number of nitrogens with zero attached hydrogens (tertiary/aromatic N) is 1. The fraction of sp³-hybridized carbons (Fsp3) is 1.00. The average molecular weight is 228 g/mol. The molecule has 3 aliphatic rings. The molecule has 0 spiro atoms. The topological polar surface area (TPSA) is 44.7 Å². The number of ether oxygens (including phenoxy) is 1. The van der Waals surface area contributed by atoms with E-state index in [4.69, 9.17) is 4.74 Å². The number of fused-ring (bicyclic) bond motifs is 4. The van der Waals surface area contributed by atoms with Crippen molar-refractivity contribution in [1.29, 1.82) is 0 Å². The van der Waals surface area contributed by atoms with E-state index in [1.807, 2.05) is 20.8 Å². The van der Waals surface area contributed by atoms with Crippen molar-refractivity contribution in [3.05, 3.63) is 0 Å². The van der Waals surface area contributed by atoms with E-state index in [0.717, 1.165) is 19.6 Å². The maximum atomic E-state index is 10.1. The molecule has 3 fully saturated rings. The number of nitrogens with one attached hydrogen (secondary N) is 1. The zero-order chi connectivity index (χ0) is 11.8. The molecule has 4 nitrogen and oxygen atoms in total. The zero-order valence-electron chi connectivity index (χ0n) is 10.6. The molecule has 94 valence electrons. The lowest BCUT2D eigenvalue weighted by Crippen LogP contribution is -2.45. The van der Waals surface area contributed by atoms with Crippen molar-refractivity contribution in [1.82, 2.24) is 10.2 Å². The maximum absolute atomic E-state index is 10.1. The summed E-state index contributed by atoms with van der Waals surface area (Å²) in [6, 6.07) is 0.525. The number of aliphatic hydroxyl groups excluding tert-OH is 1. The van der Waals surface area contributed by atoms with Crippen LogP contribution in [0.1, 0.15) is 33.6 Å². The van der Waals surface area contributed by atoms with Crippen molar-refractivity contribution in [3.8, 4) is 0 Å². The molecular weight excluding hydrogens is 204 g/mol. The van der Waals surface area contributed by atoms with Gasteiger partial charge in [-0.15, -0.1) is 0 Å². The standard InChI is InChI=1S/C12H24N2O2/c1-12(2,3)16-11(15)14-7-9-4-5-10(8-14)13-6-9/h9-11,13,15H,4-8H2,1-3H3/t9-,10-,11?/m0/s1. The van der Waals surface area contributed by atoms with Gasteiger partial charge in [0.2, 0.25) is 6.41 Å². The first-order chi connectivity index (χ1) is 7.44. The van der Waals surface area contributed by atoms with Crippen LogP contribution in [0.15, 0.2) is 0 Å². The minimum absolute atomic E-state index is 0.293. The molecule has 0 saturated carbocycles. The van der Waals surface area contributed by atoms with Gasteiger partial charge in [-0.1, -0.05) is 0 Å². The van der Waals surface area contributed by atoms with E-state index in [9.17, 15) is 5.11 Å². The molecular formula is C12H24N2O2. The van der Waals surface area contributed by atoms with Crippen LogP contribution in [0.5, 0.6) is 0 Å². The van der Waals surface area contributed by atoms with Crippen molar-refractivity contribution < 1.29 is 9.84 Å². The third-order valence-electron chi connectivity index (χ3n) is 3.34. The Kier molecular flexibility index (Phi) is 3.54. The van der Waals surface area contributed by atoms with E-state index in [1.54, 1.807) is 0 Å². The summed E-state index contributed by atoms with van der Waals surface area (Å²) >= 11 is 0. The Bertz CT molecular complexity index is 218. The summed E-state index contributed by atoms with van der Waals surface area (Å²) in [5.74, 6) is 0.664. The predicted molar refractivity (Wildman–Crippen MR) is 62.9 cm³/mol. The van der Waals surface area contributed by atoms with Gasteiger partial charge < -0.3 is 15.2 Å². The second-order valence-corrected chi connectivity index (χ2v) is 6.06. The van der Waals surface area contributed by atoms with Gasteiger partial charge in [-0.05, 0) is 46.1 Å². The fourth-order valence-electron chi connectivity index (χ4n) is 2.55. The Hall–Kier alpha value is -0.160. The molecule has 2 N–H and O–H groups in total. The van der Waals surface area contributed by atoms with Gasteiger partial charge >= 0.3 is 0 Å². The number of hydrogen-bond donors (Lipinski definition) is 2. The molecule has 16 heavy (non-hydrogen) atoms. The first kappa shape index (κ1) is 12.3. The minimum Gasteiger partial charge on any atom is -0.356 e. The van der Waals surface area contributed by atoms with E-state index >= 15 is 0 Å². The quantitative estimate of drug-likeness (QED) is 0.685. The van der Waals surface area contributed by atoms with Crippen LogP contribution < -0.4 is 5.32 Å². The zero-order valence-corrected chi connectivity index (χ0v) is 10.6. The van der Waals surface area contributed by atoms with Crippen LogP contribution in [0, 0.1) is 5.92 Å². The number of aliphatic hydroxyl groups is 1. The summed E-state index contributed by atoms with van der Waals surface area (Å²) in [4.78, 5) is 2.06. The average Bonchev–Trinajstić information content (AvgIpc) is 2.47. The summed E-state index contributed by atoms with van der Waals surface area (Å²) in [5, 5.41) is 13.6. The molecule has 2 bridgehead atoms. The minimum atomic E-state index is -0.761. The Balaban J connectivity index is 1.94. The van der Waals surface area contributed by atoms with E-state index in [-0.39, 0.29) is 5.60 Å². The SMILES string of the molecule is CC(C)(C)OC(O)N1C[C@H]2CC[C@@H](C1)NC2. The highest BCUT2D eigenvalue weighted by molar-refractivity contribution is 4.86. The highest BCUT2D eigenvalue weighted by Gasteiger charge is 2.33. The largest absolute Gasteiger partial charge is 0.356 e. The summed E-state index contributed by atoms with van der Waals surface area (Å²) in [6.45, 7) is 8.85. The summed E-state index contributed by atoms with van der Waals surface area (Å²) in [6.07, 6.45) is 1.74. The van der Waals surface area contributed by atoms with Crippen LogP contribution in [0.25, 0.3) is 0 Å². The second-order valence-electron chi connectivity index (χ2n) is 6.06. The van der Waals surface area contributed by atoms with Gasteiger partial charge in [0.15, 0.2) is 0 Å². The smallest absolute Gasteiger partial charge is 0.216 e. The van der Waals surface area contributed by atoms with Crippen molar-refractivity contribution in [2.24, 2.45) is 5.92 Å². The second kappa shape index (κ2) is 4.61. The maximum Gasteiger partial charge on any atom is 0.216 e. The normalized spacial score (nSPS) is 33.8. The monoisotopic (exact) mass is 228 g/mol. The van der Waals surface area contributed by atoms with Crippen molar-refractivity contribution in [3.63, 3.8) is 0 Å². The molecule has 0 aromatic heterocycles. The molecule has 3 saturated heterocycles. The van der Waals surface area contributed by atoms with E-state index in [2.05, 4.69) is 10.2 Å².